The van der Waals surface area contributed by atoms with Gasteiger partial charge in [0.2, 0.25) is 5.91 Å². The van der Waals surface area contributed by atoms with Crippen molar-refractivity contribution in [3.63, 3.8) is 0 Å². The second-order valence-electron chi connectivity index (χ2n) is 5.53. The van der Waals surface area contributed by atoms with Crippen LogP contribution in [-0.2, 0) is 4.79 Å². The Labute approximate surface area is 150 Å². The number of aromatic nitrogens is 3. The van der Waals surface area contributed by atoms with E-state index < -0.39 is 5.82 Å². The van der Waals surface area contributed by atoms with Crippen LogP contribution in [0.1, 0.15) is 0 Å². The Morgan fingerprint density at radius 1 is 1.15 bits per heavy atom. The van der Waals surface area contributed by atoms with E-state index in [1.807, 2.05) is 0 Å². The first-order chi connectivity index (χ1) is 12.6. The summed E-state index contributed by atoms with van der Waals surface area (Å²) < 4.78 is 27.1. The number of halogens is 2. The molecule has 5 nitrogen and oxygen atoms in total. The monoisotopic (exact) mass is 370 g/mol. The zero-order valence-corrected chi connectivity index (χ0v) is 14.1. The van der Waals surface area contributed by atoms with Crippen LogP contribution >= 0.6 is 11.8 Å². The van der Waals surface area contributed by atoms with E-state index >= 15 is 0 Å². The lowest BCUT2D eigenvalue weighted by Gasteiger charge is -2.06. The van der Waals surface area contributed by atoms with Crippen LogP contribution in [0.4, 0.5) is 14.5 Å². The van der Waals surface area contributed by atoms with Crippen LogP contribution in [0.15, 0.2) is 53.8 Å². The summed E-state index contributed by atoms with van der Waals surface area (Å²) in [5, 5.41) is 3.74. The van der Waals surface area contributed by atoms with Crippen LogP contribution in [0.25, 0.3) is 21.9 Å². The van der Waals surface area contributed by atoms with Gasteiger partial charge in [-0.25, -0.2) is 18.7 Å². The zero-order chi connectivity index (χ0) is 18.1. The molecular weight excluding hydrogens is 358 g/mol. The zero-order valence-electron chi connectivity index (χ0n) is 13.3. The molecule has 4 aromatic rings. The Bertz CT molecular complexity index is 1130. The van der Waals surface area contributed by atoms with E-state index in [1.54, 1.807) is 18.2 Å². The average molecular weight is 370 g/mol. The van der Waals surface area contributed by atoms with Crippen LogP contribution in [0.3, 0.4) is 0 Å². The molecule has 0 saturated carbocycles. The van der Waals surface area contributed by atoms with Crippen LogP contribution in [0.2, 0.25) is 0 Å². The van der Waals surface area contributed by atoms with Crippen molar-refractivity contribution in [2.75, 3.05) is 11.1 Å². The van der Waals surface area contributed by atoms with Gasteiger partial charge in [-0.05, 0) is 30.3 Å². The molecule has 26 heavy (non-hydrogen) atoms. The molecule has 0 fully saturated rings. The number of hydrogen-bond acceptors (Lipinski definition) is 4. The lowest BCUT2D eigenvalue weighted by molar-refractivity contribution is -0.113. The molecule has 0 atom stereocenters. The fourth-order valence-electron chi connectivity index (χ4n) is 2.63. The van der Waals surface area contributed by atoms with Gasteiger partial charge >= 0.3 is 0 Å². The molecule has 0 aliphatic carbocycles. The van der Waals surface area contributed by atoms with Crippen molar-refractivity contribution < 1.29 is 13.6 Å². The second-order valence-corrected chi connectivity index (χ2v) is 6.50. The maximum atomic E-state index is 13.6. The van der Waals surface area contributed by atoms with Crippen molar-refractivity contribution in [1.82, 2.24) is 15.0 Å². The molecule has 2 heterocycles. The minimum absolute atomic E-state index is 0.0458. The highest BCUT2D eigenvalue weighted by Crippen LogP contribution is 2.30. The molecule has 2 N–H and O–H groups in total. The molecule has 0 bridgehead atoms. The first-order valence-electron chi connectivity index (χ1n) is 7.71. The Kier molecular flexibility index (Phi) is 4.26. The van der Waals surface area contributed by atoms with Gasteiger partial charge in [0.05, 0.1) is 17.0 Å². The maximum absolute atomic E-state index is 13.6. The highest BCUT2D eigenvalue weighted by atomic mass is 32.2. The van der Waals surface area contributed by atoms with E-state index in [0.717, 1.165) is 5.52 Å². The molecular formula is C18H12F2N4OS. The summed E-state index contributed by atoms with van der Waals surface area (Å²) in [5.74, 6) is -1.15. The van der Waals surface area contributed by atoms with Gasteiger partial charge < -0.3 is 10.3 Å². The lowest BCUT2D eigenvalue weighted by Crippen LogP contribution is -2.15. The molecule has 1 amide bonds. The van der Waals surface area contributed by atoms with Gasteiger partial charge in [0.15, 0.2) is 0 Å². The first-order valence-corrected chi connectivity index (χ1v) is 8.69. The normalized spacial score (nSPS) is 11.2. The van der Waals surface area contributed by atoms with E-state index in [1.165, 1.54) is 42.4 Å². The summed E-state index contributed by atoms with van der Waals surface area (Å²) in [7, 11) is 0. The van der Waals surface area contributed by atoms with Crippen molar-refractivity contribution in [2.24, 2.45) is 0 Å². The molecule has 0 spiro atoms. The lowest BCUT2D eigenvalue weighted by atomic mass is 10.2. The van der Waals surface area contributed by atoms with Crippen molar-refractivity contribution in [1.29, 1.82) is 0 Å². The number of nitrogens with one attached hydrogen (secondary N) is 2. The van der Waals surface area contributed by atoms with Crippen LogP contribution in [0, 0.1) is 11.6 Å². The fraction of sp³-hybridized carbons (Fsp3) is 0.0556. The molecule has 130 valence electrons. The van der Waals surface area contributed by atoms with Crippen molar-refractivity contribution in [3.8, 4) is 0 Å². The number of hydrogen-bond donors (Lipinski definition) is 2. The van der Waals surface area contributed by atoms with Gasteiger partial charge in [-0.1, -0.05) is 23.9 Å². The summed E-state index contributed by atoms with van der Waals surface area (Å²) in [6, 6.07) is 10.4. The highest BCUT2D eigenvalue weighted by Gasteiger charge is 2.13. The minimum atomic E-state index is -0.493. The second kappa shape index (κ2) is 6.72. The number of carbonyl (C=O) groups excluding carboxylic acids is 1. The number of fused-ring (bicyclic) bond motifs is 3. The van der Waals surface area contributed by atoms with Crippen molar-refractivity contribution in [2.45, 2.75) is 5.03 Å². The highest BCUT2D eigenvalue weighted by molar-refractivity contribution is 8.00. The number of nitrogens with zero attached hydrogens (tertiary/aromatic N) is 2. The molecule has 0 saturated heterocycles. The van der Waals surface area contributed by atoms with Gasteiger partial charge in [0, 0.05) is 10.9 Å². The molecule has 0 radical (unpaired) electrons. The third kappa shape index (κ3) is 3.11. The molecule has 8 heteroatoms. The van der Waals surface area contributed by atoms with E-state index in [9.17, 15) is 13.6 Å². The van der Waals surface area contributed by atoms with Crippen LogP contribution < -0.4 is 5.32 Å². The molecule has 0 unspecified atom stereocenters. The average Bonchev–Trinajstić information content (AvgIpc) is 3.00. The Morgan fingerprint density at radius 3 is 2.85 bits per heavy atom. The number of aromatic amines is 1. The number of anilines is 1. The molecule has 2 aromatic heterocycles. The number of rotatable bonds is 4. The quantitative estimate of drug-likeness (QED) is 0.419. The van der Waals surface area contributed by atoms with Crippen molar-refractivity contribution >= 4 is 45.3 Å². The Hall–Kier alpha value is -3.00. The fourth-order valence-corrected chi connectivity index (χ4v) is 3.39. The number of amides is 1. The van der Waals surface area contributed by atoms with E-state index in [0.29, 0.717) is 21.4 Å². The predicted molar refractivity (Wildman–Crippen MR) is 97.1 cm³/mol. The van der Waals surface area contributed by atoms with E-state index in [4.69, 9.17) is 0 Å². The maximum Gasteiger partial charge on any atom is 0.234 e. The van der Waals surface area contributed by atoms with Gasteiger partial charge in [-0.3, -0.25) is 4.79 Å². The number of para-hydroxylation sites is 1. The van der Waals surface area contributed by atoms with Crippen LogP contribution in [0.5, 0.6) is 0 Å². The molecule has 4 rings (SSSR count). The van der Waals surface area contributed by atoms with Gasteiger partial charge in [0.25, 0.3) is 0 Å². The predicted octanol–water partition coefficient (Wildman–Crippen LogP) is 4.12. The first kappa shape index (κ1) is 16.5. The van der Waals surface area contributed by atoms with Gasteiger partial charge in [-0.2, -0.15) is 0 Å². The largest absolute Gasteiger partial charge is 0.351 e. The summed E-state index contributed by atoms with van der Waals surface area (Å²) in [6.07, 6.45) is 1.37. The summed E-state index contributed by atoms with van der Waals surface area (Å²) in [5.41, 5.74) is 2.09. The minimum Gasteiger partial charge on any atom is -0.351 e. The van der Waals surface area contributed by atoms with Gasteiger partial charge in [-0.15, -0.1) is 0 Å². The number of thioether (sulfide) groups is 1. The van der Waals surface area contributed by atoms with E-state index in [-0.39, 0.29) is 23.2 Å². The summed E-state index contributed by atoms with van der Waals surface area (Å²) in [6.45, 7) is 0. The standard InChI is InChI=1S/C18H12F2N4OS/c19-10-5-6-13-11(7-10)16-17(24-13)18(22-9-21-16)26-8-15(25)23-14-4-2-1-3-12(14)20/h1-7,9,24H,8H2,(H,23,25). The topological polar surface area (TPSA) is 70.7 Å². The van der Waals surface area contributed by atoms with Crippen molar-refractivity contribution in [3.05, 3.63) is 60.4 Å². The van der Waals surface area contributed by atoms with Crippen LogP contribution in [-0.4, -0.2) is 26.6 Å². The summed E-state index contributed by atoms with van der Waals surface area (Å²) >= 11 is 1.19. The Morgan fingerprint density at radius 2 is 2.00 bits per heavy atom. The Balaban J connectivity index is 1.57. The molecule has 0 aliphatic heterocycles. The molecule has 0 aliphatic rings. The smallest absolute Gasteiger partial charge is 0.234 e. The van der Waals surface area contributed by atoms with E-state index in [2.05, 4.69) is 20.3 Å². The number of carbonyl (C=O) groups is 1. The van der Waals surface area contributed by atoms with Gasteiger partial charge in [0.1, 0.15) is 28.5 Å². The number of H-pyrrole nitrogens is 1. The third-order valence-electron chi connectivity index (χ3n) is 3.80. The summed E-state index contributed by atoms with van der Waals surface area (Å²) in [4.78, 5) is 23.6. The third-order valence-corrected chi connectivity index (χ3v) is 4.79. The molecule has 2 aromatic carbocycles. The number of benzene rings is 2. The SMILES string of the molecule is O=C(CSc1ncnc2c1[nH]c1ccc(F)cc12)Nc1ccccc1F.